The molecule has 0 bridgehead atoms. The number of aromatic nitrogens is 2. The highest BCUT2D eigenvalue weighted by Gasteiger charge is 2.22. The van der Waals surface area contributed by atoms with Crippen molar-refractivity contribution in [2.75, 3.05) is 24.6 Å². The molecular weight excluding hydrogens is 250 g/mol. The molecular formula is C13H20ClN3O. The van der Waals surface area contributed by atoms with Crippen LogP contribution in [0.15, 0.2) is 0 Å². The van der Waals surface area contributed by atoms with Gasteiger partial charge in [0.25, 0.3) is 0 Å². The van der Waals surface area contributed by atoms with Crippen molar-refractivity contribution < 1.29 is 5.11 Å². The Balaban J connectivity index is 2.20. The maximum atomic E-state index is 9.05. The Morgan fingerprint density at radius 3 is 2.89 bits per heavy atom. The van der Waals surface area contributed by atoms with Crippen LogP contribution in [0.1, 0.15) is 30.7 Å². The highest BCUT2D eigenvalue weighted by Crippen LogP contribution is 2.28. The second-order valence-electron chi connectivity index (χ2n) is 4.98. The standard InChI is InChI=1S/C13H20ClN3O/c1-9-12(14)15-10(2)16-13(9)17-6-3-4-11(8-17)5-7-18/h11,18H,3-8H2,1-2H3. The maximum absolute atomic E-state index is 9.05. The molecule has 1 fully saturated rings. The lowest BCUT2D eigenvalue weighted by atomic mass is 9.95. The van der Waals surface area contributed by atoms with Gasteiger partial charge < -0.3 is 10.0 Å². The van der Waals surface area contributed by atoms with E-state index in [1.807, 2.05) is 13.8 Å². The Bertz CT molecular complexity index is 423. The normalized spacial score (nSPS) is 20.2. The Morgan fingerprint density at radius 2 is 2.17 bits per heavy atom. The lowest BCUT2D eigenvalue weighted by Crippen LogP contribution is -2.37. The quantitative estimate of drug-likeness (QED) is 0.856. The van der Waals surface area contributed by atoms with Crippen molar-refractivity contribution >= 4 is 17.4 Å². The second kappa shape index (κ2) is 5.85. The number of aryl methyl sites for hydroxylation is 1. The van der Waals surface area contributed by atoms with E-state index in [4.69, 9.17) is 16.7 Å². The third kappa shape index (κ3) is 2.93. The molecule has 0 aliphatic carbocycles. The van der Waals surface area contributed by atoms with Crippen molar-refractivity contribution in [1.82, 2.24) is 9.97 Å². The predicted molar refractivity (Wildman–Crippen MR) is 73.2 cm³/mol. The van der Waals surface area contributed by atoms with Crippen LogP contribution in [0.5, 0.6) is 0 Å². The van der Waals surface area contributed by atoms with Crippen LogP contribution in [0.3, 0.4) is 0 Å². The summed E-state index contributed by atoms with van der Waals surface area (Å²) in [7, 11) is 0. The zero-order valence-corrected chi connectivity index (χ0v) is 11.7. The minimum absolute atomic E-state index is 0.265. The van der Waals surface area contributed by atoms with E-state index in [-0.39, 0.29) is 6.61 Å². The molecule has 1 aromatic rings. The number of halogens is 1. The van der Waals surface area contributed by atoms with Gasteiger partial charge >= 0.3 is 0 Å². The third-order valence-corrected chi connectivity index (χ3v) is 3.90. The van der Waals surface area contributed by atoms with Crippen LogP contribution in [-0.2, 0) is 0 Å². The fourth-order valence-electron chi connectivity index (χ4n) is 2.56. The van der Waals surface area contributed by atoms with Gasteiger partial charge in [0.1, 0.15) is 16.8 Å². The van der Waals surface area contributed by atoms with Crippen molar-refractivity contribution in [1.29, 1.82) is 0 Å². The number of anilines is 1. The van der Waals surface area contributed by atoms with Crippen molar-refractivity contribution in [2.45, 2.75) is 33.1 Å². The number of aliphatic hydroxyl groups excluding tert-OH is 1. The molecule has 1 unspecified atom stereocenters. The minimum Gasteiger partial charge on any atom is -0.396 e. The molecule has 2 rings (SSSR count). The first-order chi connectivity index (χ1) is 8.61. The van der Waals surface area contributed by atoms with E-state index >= 15 is 0 Å². The van der Waals surface area contributed by atoms with Crippen LogP contribution in [0, 0.1) is 19.8 Å². The lowest BCUT2D eigenvalue weighted by molar-refractivity contribution is 0.244. The molecule has 18 heavy (non-hydrogen) atoms. The highest BCUT2D eigenvalue weighted by molar-refractivity contribution is 6.30. The zero-order valence-electron chi connectivity index (χ0n) is 11.0. The van der Waals surface area contributed by atoms with Crippen LogP contribution in [0.2, 0.25) is 5.15 Å². The van der Waals surface area contributed by atoms with Crippen molar-refractivity contribution in [3.05, 3.63) is 16.5 Å². The van der Waals surface area contributed by atoms with Crippen LogP contribution in [0.25, 0.3) is 0 Å². The summed E-state index contributed by atoms with van der Waals surface area (Å²) in [5.74, 6) is 2.22. The fourth-order valence-corrected chi connectivity index (χ4v) is 2.77. The monoisotopic (exact) mass is 269 g/mol. The minimum atomic E-state index is 0.265. The molecule has 0 radical (unpaired) electrons. The Morgan fingerprint density at radius 1 is 1.39 bits per heavy atom. The van der Waals surface area contributed by atoms with Gasteiger partial charge in [0.05, 0.1) is 0 Å². The number of rotatable bonds is 3. The van der Waals surface area contributed by atoms with Gasteiger partial charge in [-0.15, -0.1) is 0 Å². The molecule has 0 saturated carbocycles. The number of piperidine rings is 1. The maximum Gasteiger partial charge on any atom is 0.137 e. The molecule has 1 aliphatic heterocycles. The van der Waals surface area contributed by atoms with Crippen molar-refractivity contribution in [3.8, 4) is 0 Å². The molecule has 2 heterocycles. The molecule has 100 valence electrons. The van der Waals surface area contributed by atoms with Gasteiger partial charge in [-0.2, -0.15) is 0 Å². The first-order valence-corrected chi connectivity index (χ1v) is 6.86. The number of aliphatic hydroxyl groups is 1. The van der Waals surface area contributed by atoms with Gasteiger partial charge in [-0.3, -0.25) is 0 Å². The van der Waals surface area contributed by atoms with Crippen molar-refractivity contribution in [2.24, 2.45) is 5.92 Å². The number of nitrogens with zero attached hydrogens (tertiary/aromatic N) is 3. The SMILES string of the molecule is Cc1nc(Cl)c(C)c(N2CCCC(CCO)C2)n1. The van der Waals surface area contributed by atoms with E-state index < -0.39 is 0 Å². The summed E-state index contributed by atoms with van der Waals surface area (Å²) in [4.78, 5) is 11.0. The van der Waals surface area contributed by atoms with E-state index in [2.05, 4.69) is 14.9 Å². The zero-order chi connectivity index (χ0) is 13.1. The predicted octanol–water partition coefficient (Wildman–Crippen LogP) is 2.35. The molecule has 5 heteroatoms. The number of hydrogen-bond donors (Lipinski definition) is 1. The molecule has 0 amide bonds. The second-order valence-corrected chi connectivity index (χ2v) is 5.33. The van der Waals surface area contributed by atoms with Crippen molar-refractivity contribution in [3.63, 3.8) is 0 Å². The van der Waals surface area contributed by atoms with Gasteiger partial charge in [0.2, 0.25) is 0 Å². The molecule has 1 atom stereocenters. The van der Waals surface area contributed by atoms with Gasteiger partial charge in [0, 0.05) is 25.3 Å². The Kier molecular flexibility index (Phi) is 4.40. The van der Waals surface area contributed by atoms with Gasteiger partial charge in [-0.1, -0.05) is 11.6 Å². The molecule has 1 aromatic heterocycles. The van der Waals surface area contributed by atoms with Crippen LogP contribution in [-0.4, -0.2) is 34.8 Å². The Hall–Kier alpha value is -0.870. The van der Waals surface area contributed by atoms with Gasteiger partial charge in [-0.05, 0) is 39.0 Å². The Labute approximate surface area is 113 Å². The average molecular weight is 270 g/mol. The third-order valence-electron chi connectivity index (χ3n) is 3.53. The summed E-state index contributed by atoms with van der Waals surface area (Å²) in [5, 5.41) is 9.60. The first-order valence-electron chi connectivity index (χ1n) is 6.48. The molecule has 1 aliphatic rings. The lowest BCUT2D eigenvalue weighted by Gasteiger charge is -2.34. The summed E-state index contributed by atoms with van der Waals surface area (Å²) in [5.41, 5.74) is 0.951. The number of hydrogen-bond acceptors (Lipinski definition) is 4. The average Bonchev–Trinajstić information content (AvgIpc) is 2.34. The molecule has 0 aromatic carbocycles. The van der Waals surface area contributed by atoms with E-state index in [9.17, 15) is 0 Å². The summed E-state index contributed by atoms with van der Waals surface area (Å²) in [6.45, 7) is 6.06. The van der Waals surface area contributed by atoms with E-state index in [0.717, 1.165) is 37.3 Å². The summed E-state index contributed by atoms with van der Waals surface area (Å²) < 4.78 is 0. The summed E-state index contributed by atoms with van der Waals surface area (Å²) in [6.07, 6.45) is 3.20. The fraction of sp³-hybridized carbons (Fsp3) is 0.692. The highest BCUT2D eigenvalue weighted by atomic mass is 35.5. The van der Waals surface area contributed by atoms with E-state index in [1.54, 1.807) is 0 Å². The smallest absolute Gasteiger partial charge is 0.137 e. The van der Waals surface area contributed by atoms with E-state index in [1.165, 1.54) is 6.42 Å². The van der Waals surface area contributed by atoms with E-state index in [0.29, 0.717) is 16.9 Å². The first kappa shape index (κ1) is 13.6. The molecule has 1 saturated heterocycles. The van der Waals surface area contributed by atoms with Crippen LogP contribution < -0.4 is 4.90 Å². The van der Waals surface area contributed by atoms with Crippen LogP contribution >= 0.6 is 11.6 Å². The van der Waals surface area contributed by atoms with Gasteiger partial charge in [0.15, 0.2) is 0 Å². The van der Waals surface area contributed by atoms with Crippen LogP contribution in [0.4, 0.5) is 5.82 Å². The molecule has 4 nitrogen and oxygen atoms in total. The topological polar surface area (TPSA) is 49.2 Å². The molecule has 0 spiro atoms. The largest absolute Gasteiger partial charge is 0.396 e. The summed E-state index contributed by atoms with van der Waals surface area (Å²) in [6, 6.07) is 0. The summed E-state index contributed by atoms with van der Waals surface area (Å²) >= 11 is 6.12. The molecule has 1 N–H and O–H groups in total. The van der Waals surface area contributed by atoms with Gasteiger partial charge in [-0.25, -0.2) is 9.97 Å².